The monoisotopic (exact) mass is 252 g/mol. The quantitative estimate of drug-likeness (QED) is 0.371. The van der Waals surface area contributed by atoms with Crippen molar-refractivity contribution in [2.24, 2.45) is 0 Å². The number of aromatic amines is 1. The van der Waals surface area contributed by atoms with Gasteiger partial charge in [-0.2, -0.15) is 0 Å². The van der Waals surface area contributed by atoms with Crippen molar-refractivity contribution >= 4 is 11.6 Å². The average Bonchev–Trinajstić information content (AvgIpc) is 2.29. The van der Waals surface area contributed by atoms with Gasteiger partial charge in [-0.05, 0) is 0 Å². The topological polar surface area (TPSA) is 127 Å². The molecule has 1 rings (SSSR count). The summed E-state index contributed by atoms with van der Waals surface area (Å²) in [5.74, 6) is 1.55. The molecule has 0 atom stereocenters. The molecule has 0 aliphatic heterocycles. The van der Waals surface area contributed by atoms with Crippen LogP contribution in [0.1, 0.15) is 0 Å². The van der Waals surface area contributed by atoms with E-state index in [1.807, 2.05) is 0 Å². The fourth-order valence-electron chi connectivity index (χ4n) is 1.11. The molecule has 1 aromatic rings. The predicted octanol–water partition coefficient (Wildman–Crippen LogP) is -1.81. The number of rotatable bonds is 4. The van der Waals surface area contributed by atoms with Crippen LogP contribution < -0.4 is 16.6 Å². The van der Waals surface area contributed by atoms with Crippen molar-refractivity contribution in [1.82, 2.24) is 14.9 Å². The highest BCUT2D eigenvalue weighted by molar-refractivity contribution is 5.75. The van der Waals surface area contributed by atoms with Gasteiger partial charge in [0.15, 0.2) is 0 Å². The van der Waals surface area contributed by atoms with Crippen LogP contribution in [-0.4, -0.2) is 26.9 Å². The first-order chi connectivity index (χ1) is 8.45. The van der Waals surface area contributed by atoms with Gasteiger partial charge in [-0.15, -0.1) is 6.42 Å². The second kappa shape index (κ2) is 5.44. The molecule has 1 aromatic heterocycles. The molecule has 0 aliphatic carbocycles. The number of nitrogens with zero attached hydrogens (tertiary/aromatic N) is 2. The van der Waals surface area contributed by atoms with E-state index in [0.29, 0.717) is 10.8 Å². The van der Waals surface area contributed by atoms with E-state index in [4.69, 9.17) is 6.42 Å². The van der Waals surface area contributed by atoms with Crippen LogP contribution in [0, 0.1) is 22.5 Å². The third-order valence-corrected chi connectivity index (χ3v) is 1.89. The molecular formula is C9H8N4O5. The van der Waals surface area contributed by atoms with Gasteiger partial charge in [-0.3, -0.25) is 29.3 Å². The van der Waals surface area contributed by atoms with E-state index in [-0.39, 0.29) is 6.54 Å². The molecule has 0 radical (unpaired) electrons. The minimum absolute atomic E-state index is 0.0287. The maximum absolute atomic E-state index is 11.3. The Morgan fingerprint density at radius 3 is 2.83 bits per heavy atom. The first-order valence-electron chi connectivity index (χ1n) is 4.64. The van der Waals surface area contributed by atoms with Crippen molar-refractivity contribution in [2.75, 3.05) is 6.54 Å². The number of aromatic nitrogens is 2. The summed E-state index contributed by atoms with van der Waals surface area (Å²) in [6, 6.07) is 0. The first kappa shape index (κ1) is 13.2. The van der Waals surface area contributed by atoms with Crippen LogP contribution in [-0.2, 0) is 11.3 Å². The molecule has 18 heavy (non-hydrogen) atoms. The number of carbonyl (C=O) groups excluding carboxylic acids is 1. The van der Waals surface area contributed by atoms with E-state index in [2.05, 4.69) is 11.2 Å². The van der Waals surface area contributed by atoms with E-state index in [0.717, 1.165) is 0 Å². The summed E-state index contributed by atoms with van der Waals surface area (Å²) in [4.78, 5) is 44.9. The van der Waals surface area contributed by atoms with Gasteiger partial charge in [0.2, 0.25) is 5.91 Å². The molecule has 2 N–H and O–H groups in total. The number of amides is 1. The highest BCUT2D eigenvalue weighted by atomic mass is 16.6. The summed E-state index contributed by atoms with van der Waals surface area (Å²) in [5.41, 5.74) is -2.86. The van der Waals surface area contributed by atoms with Gasteiger partial charge in [-0.1, -0.05) is 5.92 Å². The van der Waals surface area contributed by atoms with Crippen molar-refractivity contribution in [3.8, 4) is 12.3 Å². The summed E-state index contributed by atoms with van der Waals surface area (Å²) in [6.07, 6.45) is 5.62. The molecule has 9 heteroatoms. The molecule has 0 saturated heterocycles. The largest absolute Gasteiger partial charge is 0.350 e. The van der Waals surface area contributed by atoms with Crippen molar-refractivity contribution in [3.05, 3.63) is 37.1 Å². The molecule has 9 nitrogen and oxygen atoms in total. The van der Waals surface area contributed by atoms with Gasteiger partial charge >= 0.3 is 16.9 Å². The van der Waals surface area contributed by atoms with E-state index < -0.39 is 34.3 Å². The lowest BCUT2D eigenvalue weighted by Crippen LogP contribution is -2.36. The molecule has 1 amide bonds. The summed E-state index contributed by atoms with van der Waals surface area (Å²) >= 11 is 0. The average molecular weight is 252 g/mol. The fraction of sp³-hybridized carbons (Fsp3) is 0.222. The van der Waals surface area contributed by atoms with Crippen LogP contribution in [0.5, 0.6) is 0 Å². The van der Waals surface area contributed by atoms with Crippen molar-refractivity contribution in [1.29, 1.82) is 0 Å². The van der Waals surface area contributed by atoms with Crippen LogP contribution in [0.15, 0.2) is 15.8 Å². The van der Waals surface area contributed by atoms with Crippen molar-refractivity contribution < 1.29 is 9.72 Å². The van der Waals surface area contributed by atoms with Crippen LogP contribution in [0.2, 0.25) is 0 Å². The Labute approximate surface area is 99.6 Å². The molecule has 1 heterocycles. The Bertz CT molecular complexity index is 636. The maximum Gasteiger partial charge on any atom is 0.350 e. The zero-order valence-electron chi connectivity index (χ0n) is 9.00. The fourth-order valence-corrected chi connectivity index (χ4v) is 1.11. The van der Waals surface area contributed by atoms with Gasteiger partial charge in [0.05, 0.1) is 17.7 Å². The van der Waals surface area contributed by atoms with Crippen LogP contribution in [0.25, 0.3) is 0 Å². The van der Waals surface area contributed by atoms with E-state index in [1.165, 1.54) is 0 Å². The SMILES string of the molecule is C#CCNC(=O)Cn1cc([N+](=O)[O-])c(=O)[nH]c1=O. The second-order valence-corrected chi connectivity index (χ2v) is 3.14. The molecule has 0 aliphatic rings. The van der Waals surface area contributed by atoms with E-state index in [1.54, 1.807) is 4.98 Å². The Kier molecular flexibility index (Phi) is 3.98. The minimum Gasteiger partial charge on any atom is -0.344 e. The van der Waals surface area contributed by atoms with Gasteiger partial charge in [0, 0.05) is 0 Å². The molecular weight excluding hydrogens is 244 g/mol. The molecule has 0 spiro atoms. The number of nitrogens with one attached hydrogen (secondary N) is 2. The number of hydrogen-bond acceptors (Lipinski definition) is 5. The molecule has 0 bridgehead atoms. The summed E-state index contributed by atoms with van der Waals surface area (Å²) in [5, 5.41) is 12.8. The Morgan fingerprint density at radius 1 is 1.61 bits per heavy atom. The van der Waals surface area contributed by atoms with Crippen LogP contribution in [0.4, 0.5) is 5.69 Å². The Morgan fingerprint density at radius 2 is 2.28 bits per heavy atom. The van der Waals surface area contributed by atoms with Crippen LogP contribution >= 0.6 is 0 Å². The third-order valence-electron chi connectivity index (χ3n) is 1.89. The maximum atomic E-state index is 11.3. The van der Waals surface area contributed by atoms with E-state index in [9.17, 15) is 24.5 Å². The molecule has 0 unspecified atom stereocenters. The number of hydrogen-bond donors (Lipinski definition) is 2. The normalized spacial score (nSPS) is 9.50. The first-order valence-corrected chi connectivity index (χ1v) is 4.64. The summed E-state index contributed by atoms with van der Waals surface area (Å²) in [6.45, 7) is -0.503. The standard InChI is InChI=1S/C9H8N4O5/c1-2-3-10-7(14)5-12-4-6(13(17)18)8(15)11-9(12)16/h1,4H,3,5H2,(H,10,14)(H,11,15,16). The lowest BCUT2D eigenvalue weighted by molar-refractivity contribution is -0.386. The minimum atomic E-state index is -1.12. The highest BCUT2D eigenvalue weighted by Gasteiger charge is 2.15. The van der Waals surface area contributed by atoms with Crippen molar-refractivity contribution in [2.45, 2.75) is 6.54 Å². The number of terminal acetylenes is 1. The zero-order chi connectivity index (χ0) is 13.7. The van der Waals surface area contributed by atoms with Gasteiger partial charge in [-0.25, -0.2) is 4.79 Å². The number of nitro groups is 1. The number of H-pyrrole nitrogens is 1. The second-order valence-electron chi connectivity index (χ2n) is 3.14. The Balaban J connectivity index is 3.04. The number of carbonyl (C=O) groups is 1. The molecule has 0 fully saturated rings. The summed E-state index contributed by atoms with van der Waals surface area (Å²) < 4.78 is 0.714. The predicted molar refractivity (Wildman–Crippen MR) is 59.8 cm³/mol. The third kappa shape index (κ3) is 3.05. The molecule has 0 saturated carbocycles. The molecule has 94 valence electrons. The zero-order valence-corrected chi connectivity index (χ0v) is 9.00. The van der Waals surface area contributed by atoms with Crippen LogP contribution in [0.3, 0.4) is 0 Å². The lowest BCUT2D eigenvalue weighted by Gasteiger charge is -2.04. The highest BCUT2D eigenvalue weighted by Crippen LogP contribution is 1.98. The van der Waals surface area contributed by atoms with Crippen molar-refractivity contribution in [3.63, 3.8) is 0 Å². The van der Waals surface area contributed by atoms with Gasteiger partial charge in [0.25, 0.3) is 0 Å². The summed E-state index contributed by atoms with van der Waals surface area (Å²) in [7, 11) is 0. The Hall–Kier alpha value is -2.89. The van der Waals surface area contributed by atoms with E-state index >= 15 is 0 Å². The smallest absolute Gasteiger partial charge is 0.344 e. The van der Waals surface area contributed by atoms with Gasteiger partial charge in [0.1, 0.15) is 6.54 Å². The molecule has 0 aromatic carbocycles. The van der Waals surface area contributed by atoms with Gasteiger partial charge < -0.3 is 5.32 Å². The lowest BCUT2D eigenvalue weighted by atomic mass is 10.5.